The third-order valence-corrected chi connectivity index (χ3v) is 5.62. The van der Waals surface area contributed by atoms with E-state index < -0.39 is 0 Å². The monoisotopic (exact) mass is 436 g/mol. The third-order valence-electron chi connectivity index (χ3n) is 5.62. The molecule has 1 aliphatic rings. The van der Waals surface area contributed by atoms with E-state index in [4.69, 9.17) is 4.84 Å². The lowest BCUT2D eigenvalue weighted by molar-refractivity contribution is -0.130. The van der Waals surface area contributed by atoms with Gasteiger partial charge >= 0.3 is 0 Å². The van der Waals surface area contributed by atoms with Crippen molar-refractivity contribution in [2.24, 2.45) is 11.1 Å². The molecule has 1 aliphatic heterocycles. The standard InChI is InChI=1S/C25H22F2N2O3/c1-32-28-23(16-2-6-18(26)7-3-16)15-14-22-24(17-4-12-21(30)13-5-17)29(25(22)31)20-10-8-19(27)9-11-20/h2-13,22,24,30H,14-15H2,1H3/t22-,24-/m0/s1. The molecule has 0 radical (unpaired) electrons. The first-order chi connectivity index (χ1) is 15.5. The van der Waals surface area contributed by atoms with Gasteiger partial charge in [0, 0.05) is 5.69 Å². The number of hydrogen-bond acceptors (Lipinski definition) is 4. The zero-order chi connectivity index (χ0) is 22.7. The SMILES string of the molecule is CON=C(CC[C@@H]1C(=O)N(c2ccc(F)cc2)[C@H]1c1ccc(O)cc1)c1ccc(F)cc1. The minimum atomic E-state index is -0.376. The highest BCUT2D eigenvalue weighted by Crippen LogP contribution is 2.46. The molecule has 2 atom stereocenters. The van der Waals surface area contributed by atoms with Crippen molar-refractivity contribution in [1.29, 1.82) is 0 Å². The Morgan fingerprint density at radius 1 is 0.969 bits per heavy atom. The molecule has 0 aliphatic carbocycles. The summed E-state index contributed by atoms with van der Waals surface area (Å²) in [6.07, 6.45) is 0.934. The summed E-state index contributed by atoms with van der Waals surface area (Å²) >= 11 is 0. The van der Waals surface area contributed by atoms with Gasteiger partial charge in [0.1, 0.15) is 24.5 Å². The van der Waals surface area contributed by atoms with Gasteiger partial charge in [-0.25, -0.2) is 8.78 Å². The summed E-state index contributed by atoms with van der Waals surface area (Å²) in [7, 11) is 1.44. The number of carbonyl (C=O) groups is 1. The highest BCUT2D eigenvalue weighted by molar-refractivity contribution is 6.04. The smallest absolute Gasteiger partial charge is 0.233 e. The molecule has 0 aromatic heterocycles. The summed E-state index contributed by atoms with van der Waals surface area (Å²) in [6, 6.07) is 18.2. The van der Waals surface area contributed by atoms with Crippen molar-refractivity contribution in [3.8, 4) is 5.75 Å². The predicted octanol–water partition coefficient (Wildman–Crippen LogP) is 5.21. The van der Waals surface area contributed by atoms with E-state index in [9.17, 15) is 18.7 Å². The first-order valence-electron chi connectivity index (χ1n) is 10.2. The number of aromatic hydroxyl groups is 1. The number of benzene rings is 3. The summed E-state index contributed by atoms with van der Waals surface area (Å²) < 4.78 is 26.7. The van der Waals surface area contributed by atoms with Crippen molar-refractivity contribution < 1.29 is 23.5 Å². The van der Waals surface area contributed by atoms with Gasteiger partial charge in [-0.15, -0.1) is 0 Å². The average molecular weight is 436 g/mol. The predicted molar refractivity (Wildman–Crippen MR) is 117 cm³/mol. The lowest BCUT2D eigenvalue weighted by atomic mass is 9.78. The maximum absolute atomic E-state index is 13.4. The minimum absolute atomic E-state index is 0.0782. The number of hydrogen-bond donors (Lipinski definition) is 1. The quantitative estimate of drug-likeness (QED) is 0.314. The van der Waals surface area contributed by atoms with E-state index >= 15 is 0 Å². The molecule has 0 unspecified atom stereocenters. The average Bonchev–Trinajstić information content (AvgIpc) is 2.79. The van der Waals surface area contributed by atoms with E-state index in [1.54, 1.807) is 53.4 Å². The van der Waals surface area contributed by atoms with Crippen LogP contribution >= 0.6 is 0 Å². The number of β-lactam (4-membered cyclic amide) rings is 1. The van der Waals surface area contributed by atoms with Gasteiger partial charge in [-0.2, -0.15) is 0 Å². The van der Waals surface area contributed by atoms with Crippen LogP contribution in [-0.2, 0) is 9.63 Å². The molecule has 1 saturated heterocycles. The van der Waals surface area contributed by atoms with Gasteiger partial charge in [-0.1, -0.05) is 29.4 Å². The van der Waals surface area contributed by atoms with Crippen LogP contribution in [0.4, 0.5) is 14.5 Å². The molecule has 164 valence electrons. The number of phenols is 1. The Labute approximate surface area is 184 Å². The number of amides is 1. The van der Waals surface area contributed by atoms with E-state index in [1.165, 1.54) is 31.4 Å². The van der Waals surface area contributed by atoms with E-state index in [0.717, 1.165) is 11.1 Å². The normalized spacial score (nSPS) is 18.4. The van der Waals surface area contributed by atoms with Crippen LogP contribution in [0.25, 0.3) is 0 Å². The molecule has 1 fully saturated rings. The number of rotatable bonds is 7. The largest absolute Gasteiger partial charge is 0.508 e. The van der Waals surface area contributed by atoms with E-state index in [0.29, 0.717) is 24.2 Å². The Bertz CT molecular complexity index is 1110. The second kappa shape index (κ2) is 9.18. The fraction of sp³-hybridized carbons (Fsp3) is 0.200. The fourth-order valence-corrected chi connectivity index (χ4v) is 4.06. The van der Waals surface area contributed by atoms with Crippen LogP contribution in [0.5, 0.6) is 5.75 Å². The molecule has 1 heterocycles. The number of oxime groups is 1. The topological polar surface area (TPSA) is 62.1 Å². The molecule has 0 spiro atoms. The van der Waals surface area contributed by atoms with Crippen molar-refractivity contribution in [2.45, 2.75) is 18.9 Å². The van der Waals surface area contributed by atoms with E-state index in [1.807, 2.05) is 0 Å². The van der Waals surface area contributed by atoms with Crippen molar-refractivity contribution in [3.63, 3.8) is 0 Å². The van der Waals surface area contributed by atoms with Crippen molar-refractivity contribution >= 4 is 17.3 Å². The number of carbonyl (C=O) groups excluding carboxylic acids is 1. The lowest BCUT2D eigenvalue weighted by Gasteiger charge is -2.47. The molecule has 4 rings (SSSR count). The molecular weight excluding hydrogens is 414 g/mol. The summed E-state index contributed by atoms with van der Waals surface area (Å²) in [4.78, 5) is 19.7. The Hall–Kier alpha value is -3.74. The Morgan fingerprint density at radius 3 is 2.16 bits per heavy atom. The van der Waals surface area contributed by atoms with Crippen LogP contribution in [0, 0.1) is 17.6 Å². The van der Waals surface area contributed by atoms with Crippen LogP contribution < -0.4 is 4.90 Å². The van der Waals surface area contributed by atoms with Gasteiger partial charge in [0.05, 0.1) is 17.7 Å². The Morgan fingerprint density at radius 2 is 1.56 bits per heavy atom. The molecular formula is C25H22F2N2O3. The lowest BCUT2D eigenvalue weighted by Crippen LogP contribution is -2.55. The molecule has 0 saturated carbocycles. The molecule has 7 heteroatoms. The van der Waals surface area contributed by atoms with Crippen molar-refractivity contribution in [3.05, 3.63) is 95.6 Å². The summed E-state index contributed by atoms with van der Waals surface area (Å²) in [6.45, 7) is 0. The Kier molecular flexibility index (Phi) is 6.16. The van der Waals surface area contributed by atoms with Gasteiger partial charge in [0.2, 0.25) is 5.91 Å². The molecule has 0 bridgehead atoms. The maximum Gasteiger partial charge on any atom is 0.233 e. The zero-order valence-electron chi connectivity index (χ0n) is 17.4. The maximum atomic E-state index is 13.4. The van der Waals surface area contributed by atoms with Gasteiger partial charge < -0.3 is 14.8 Å². The van der Waals surface area contributed by atoms with Gasteiger partial charge in [0.15, 0.2) is 0 Å². The van der Waals surface area contributed by atoms with Gasteiger partial charge in [-0.05, 0) is 72.5 Å². The summed E-state index contributed by atoms with van der Waals surface area (Å²) in [5, 5.41) is 13.7. The number of anilines is 1. The van der Waals surface area contributed by atoms with Crippen LogP contribution in [0.3, 0.4) is 0 Å². The molecule has 3 aromatic carbocycles. The summed E-state index contributed by atoms with van der Waals surface area (Å²) in [5.74, 6) is -1.01. The second-order valence-electron chi connectivity index (χ2n) is 7.59. The van der Waals surface area contributed by atoms with E-state index in [-0.39, 0.29) is 35.3 Å². The highest BCUT2D eigenvalue weighted by atomic mass is 19.1. The van der Waals surface area contributed by atoms with Crippen LogP contribution in [0.1, 0.15) is 30.0 Å². The third kappa shape index (κ3) is 4.32. The molecule has 3 aromatic rings. The van der Waals surface area contributed by atoms with Gasteiger partial charge in [0.25, 0.3) is 0 Å². The number of nitrogens with zero attached hydrogens (tertiary/aromatic N) is 2. The second-order valence-corrected chi connectivity index (χ2v) is 7.59. The number of halogens is 2. The zero-order valence-corrected chi connectivity index (χ0v) is 17.4. The van der Waals surface area contributed by atoms with Crippen molar-refractivity contribution in [2.75, 3.05) is 12.0 Å². The summed E-state index contributed by atoms with van der Waals surface area (Å²) in [5.41, 5.74) is 2.81. The number of phenolic OH excluding ortho intramolecular Hbond substituents is 1. The molecule has 5 nitrogen and oxygen atoms in total. The Balaban J connectivity index is 1.59. The minimum Gasteiger partial charge on any atom is -0.508 e. The van der Waals surface area contributed by atoms with Crippen LogP contribution in [0.2, 0.25) is 0 Å². The van der Waals surface area contributed by atoms with E-state index in [2.05, 4.69) is 5.16 Å². The highest BCUT2D eigenvalue weighted by Gasteiger charge is 2.48. The van der Waals surface area contributed by atoms with Crippen molar-refractivity contribution in [1.82, 2.24) is 0 Å². The first-order valence-corrected chi connectivity index (χ1v) is 10.2. The first kappa shape index (κ1) is 21.5. The van der Waals surface area contributed by atoms with Crippen LogP contribution in [0.15, 0.2) is 78.0 Å². The molecule has 32 heavy (non-hydrogen) atoms. The van der Waals surface area contributed by atoms with Gasteiger partial charge in [-0.3, -0.25) is 4.79 Å². The fourth-order valence-electron chi connectivity index (χ4n) is 4.06. The van der Waals surface area contributed by atoms with Crippen LogP contribution in [-0.4, -0.2) is 23.8 Å². The molecule has 1 amide bonds. The molecule has 1 N–H and O–H groups in total.